The Hall–Kier alpha value is -1.42. The van der Waals surface area contributed by atoms with Crippen molar-refractivity contribution in [1.29, 1.82) is 0 Å². The van der Waals surface area contributed by atoms with E-state index in [2.05, 4.69) is 6.92 Å². The maximum Gasteiger partial charge on any atom is 0.256 e. The first-order valence-corrected chi connectivity index (χ1v) is 7.29. The second-order valence-electron chi connectivity index (χ2n) is 5.37. The van der Waals surface area contributed by atoms with Crippen LogP contribution in [0.15, 0.2) is 18.2 Å². The molecule has 1 atom stereocenters. The number of rotatable bonds is 4. The smallest absolute Gasteiger partial charge is 0.256 e. The van der Waals surface area contributed by atoms with Crippen molar-refractivity contribution in [3.63, 3.8) is 0 Å². The highest BCUT2D eigenvalue weighted by Crippen LogP contribution is 2.18. The highest BCUT2D eigenvalue weighted by atomic mass is 19.1. The van der Waals surface area contributed by atoms with E-state index in [9.17, 15) is 9.18 Å². The Morgan fingerprint density at radius 3 is 3.05 bits per heavy atom. The molecular formula is C16H22FNO2. The molecule has 110 valence electrons. The number of carbonyl (C=O) groups is 1. The summed E-state index contributed by atoms with van der Waals surface area (Å²) in [5.74, 6) is -0.673. The van der Waals surface area contributed by atoms with Gasteiger partial charge >= 0.3 is 0 Å². The number of hydrogen-bond acceptors (Lipinski definition) is 2. The molecule has 2 rings (SSSR count). The summed E-state index contributed by atoms with van der Waals surface area (Å²) >= 11 is 0. The van der Waals surface area contributed by atoms with Crippen molar-refractivity contribution < 1.29 is 13.9 Å². The van der Waals surface area contributed by atoms with Gasteiger partial charge in [-0.25, -0.2) is 4.39 Å². The van der Waals surface area contributed by atoms with Gasteiger partial charge in [-0.05, 0) is 38.3 Å². The van der Waals surface area contributed by atoms with Crippen molar-refractivity contribution in [1.82, 2.24) is 4.90 Å². The Morgan fingerprint density at radius 2 is 2.30 bits per heavy atom. The van der Waals surface area contributed by atoms with Crippen LogP contribution >= 0.6 is 0 Å². The van der Waals surface area contributed by atoms with Crippen LogP contribution in [0.4, 0.5) is 4.39 Å². The fraction of sp³-hybridized carbons (Fsp3) is 0.562. The number of aryl methyl sites for hydroxylation is 1. The summed E-state index contributed by atoms with van der Waals surface area (Å²) in [4.78, 5) is 14.1. The van der Waals surface area contributed by atoms with Gasteiger partial charge in [0.1, 0.15) is 5.82 Å². The van der Waals surface area contributed by atoms with Crippen molar-refractivity contribution in [3.05, 3.63) is 35.1 Å². The number of nitrogens with zero attached hydrogens (tertiary/aromatic N) is 1. The predicted octanol–water partition coefficient (Wildman–Crippen LogP) is 3.17. The fourth-order valence-electron chi connectivity index (χ4n) is 2.52. The Kier molecular flexibility index (Phi) is 5.12. The molecular weight excluding hydrogens is 257 g/mol. The van der Waals surface area contributed by atoms with Gasteiger partial charge in [-0.2, -0.15) is 0 Å². The molecule has 0 saturated carbocycles. The molecule has 1 aromatic rings. The third kappa shape index (κ3) is 3.57. The third-order valence-electron chi connectivity index (χ3n) is 3.58. The van der Waals surface area contributed by atoms with E-state index in [4.69, 9.17) is 4.74 Å². The molecule has 4 heteroatoms. The first-order valence-electron chi connectivity index (χ1n) is 7.29. The van der Waals surface area contributed by atoms with E-state index in [-0.39, 0.29) is 17.6 Å². The molecule has 1 amide bonds. The molecule has 1 aliphatic rings. The minimum atomic E-state index is -0.447. The van der Waals surface area contributed by atoms with E-state index >= 15 is 0 Å². The zero-order valence-electron chi connectivity index (χ0n) is 12.2. The maximum absolute atomic E-state index is 13.8. The molecule has 1 aliphatic heterocycles. The van der Waals surface area contributed by atoms with Gasteiger partial charge in [-0.15, -0.1) is 0 Å². The van der Waals surface area contributed by atoms with E-state index in [1.807, 2.05) is 6.92 Å². The zero-order valence-corrected chi connectivity index (χ0v) is 12.2. The number of carbonyl (C=O) groups excluding carboxylic acids is 1. The average molecular weight is 279 g/mol. The van der Waals surface area contributed by atoms with E-state index in [0.717, 1.165) is 24.8 Å². The van der Waals surface area contributed by atoms with Crippen molar-refractivity contribution in [2.45, 2.75) is 39.2 Å². The lowest BCUT2D eigenvalue weighted by Gasteiger charge is -2.32. The lowest BCUT2D eigenvalue weighted by molar-refractivity contribution is 0.00196. The average Bonchev–Trinajstić information content (AvgIpc) is 2.47. The van der Waals surface area contributed by atoms with Crippen molar-refractivity contribution in [3.8, 4) is 0 Å². The fourth-order valence-corrected chi connectivity index (χ4v) is 2.52. The molecule has 0 N–H and O–H groups in total. The molecule has 3 nitrogen and oxygen atoms in total. The highest BCUT2D eigenvalue weighted by molar-refractivity contribution is 5.94. The van der Waals surface area contributed by atoms with Crippen molar-refractivity contribution in [2.24, 2.45) is 0 Å². The van der Waals surface area contributed by atoms with Crippen LogP contribution in [0.5, 0.6) is 0 Å². The normalized spacial score (nSPS) is 19.1. The molecule has 0 aromatic heterocycles. The summed E-state index contributed by atoms with van der Waals surface area (Å²) in [6.07, 6.45) is 2.94. The molecule has 20 heavy (non-hydrogen) atoms. The largest absolute Gasteiger partial charge is 0.376 e. The number of benzene rings is 1. The summed E-state index contributed by atoms with van der Waals surface area (Å²) in [5.41, 5.74) is 1.06. The number of halogens is 1. The summed E-state index contributed by atoms with van der Waals surface area (Å²) in [6.45, 7) is 5.88. The lowest BCUT2D eigenvalue weighted by atomic mass is 10.1. The number of likely N-dealkylation sites (tertiary alicyclic amines) is 1. The van der Waals surface area contributed by atoms with Crippen molar-refractivity contribution >= 4 is 5.91 Å². The van der Waals surface area contributed by atoms with Gasteiger partial charge in [0, 0.05) is 19.7 Å². The van der Waals surface area contributed by atoms with E-state index in [1.54, 1.807) is 17.0 Å². The minimum absolute atomic E-state index is 0.0838. The molecule has 1 heterocycles. The Labute approximate surface area is 119 Å². The van der Waals surface area contributed by atoms with Crippen LogP contribution in [-0.2, 0) is 4.74 Å². The molecule has 0 aliphatic carbocycles. The lowest BCUT2D eigenvalue weighted by Crippen LogP contribution is -2.43. The summed E-state index contributed by atoms with van der Waals surface area (Å²) in [5, 5.41) is 0. The van der Waals surface area contributed by atoms with Crippen LogP contribution in [0, 0.1) is 12.7 Å². The second kappa shape index (κ2) is 6.84. The van der Waals surface area contributed by atoms with Gasteiger partial charge in [0.15, 0.2) is 0 Å². The van der Waals surface area contributed by atoms with Crippen LogP contribution < -0.4 is 0 Å². The Morgan fingerprint density at radius 1 is 1.50 bits per heavy atom. The predicted molar refractivity (Wildman–Crippen MR) is 76.3 cm³/mol. The van der Waals surface area contributed by atoms with Crippen LogP contribution in [0.1, 0.15) is 42.1 Å². The van der Waals surface area contributed by atoms with Gasteiger partial charge < -0.3 is 9.64 Å². The second-order valence-corrected chi connectivity index (χ2v) is 5.37. The monoisotopic (exact) mass is 279 g/mol. The van der Waals surface area contributed by atoms with Gasteiger partial charge in [0.25, 0.3) is 5.91 Å². The van der Waals surface area contributed by atoms with Crippen LogP contribution in [0.2, 0.25) is 0 Å². The van der Waals surface area contributed by atoms with Crippen molar-refractivity contribution in [2.75, 3.05) is 19.7 Å². The van der Waals surface area contributed by atoms with E-state index < -0.39 is 5.82 Å². The van der Waals surface area contributed by atoms with Crippen LogP contribution in [0.3, 0.4) is 0 Å². The SMILES string of the molecule is CCCOC1CCCN(C(=O)c2cc(C)ccc2F)C1. The Balaban J connectivity index is 2.06. The van der Waals surface area contributed by atoms with Gasteiger partial charge in [-0.3, -0.25) is 4.79 Å². The summed E-state index contributed by atoms with van der Waals surface area (Å²) in [6, 6.07) is 4.65. The number of ether oxygens (including phenoxy) is 1. The first-order chi connectivity index (χ1) is 9.61. The molecule has 0 spiro atoms. The third-order valence-corrected chi connectivity index (χ3v) is 3.58. The molecule has 0 radical (unpaired) electrons. The minimum Gasteiger partial charge on any atom is -0.376 e. The van der Waals surface area contributed by atoms with E-state index in [1.165, 1.54) is 6.07 Å². The van der Waals surface area contributed by atoms with Gasteiger partial charge in [-0.1, -0.05) is 18.6 Å². The number of amides is 1. The topological polar surface area (TPSA) is 29.5 Å². The van der Waals surface area contributed by atoms with Crippen LogP contribution in [0.25, 0.3) is 0 Å². The number of hydrogen-bond donors (Lipinski definition) is 0. The molecule has 1 fully saturated rings. The quantitative estimate of drug-likeness (QED) is 0.847. The standard InChI is InChI=1S/C16H22FNO2/c1-3-9-20-13-5-4-8-18(11-13)16(19)14-10-12(2)6-7-15(14)17/h6-7,10,13H,3-5,8-9,11H2,1-2H3. The zero-order chi connectivity index (χ0) is 14.5. The number of piperidine rings is 1. The Bertz CT molecular complexity index is 476. The molecule has 1 unspecified atom stereocenters. The van der Waals surface area contributed by atoms with Gasteiger partial charge in [0.05, 0.1) is 11.7 Å². The van der Waals surface area contributed by atoms with Gasteiger partial charge in [0.2, 0.25) is 0 Å². The first kappa shape index (κ1) is 15.0. The molecule has 1 saturated heterocycles. The molecule has 1 aromatic carbocycles. The van der Waals surface area contributed by atoms with Crippen LogP contribution in [-0.4, -0.2) is 36.6 Å². The highest BCUT2D eigenvalue weighted by Gasteiger charge is 2.26. The summed E-state index contributed by atoms with van der Waals surface area (Å²) in [7, 11) is 0. The molecule has 0 bridgehead atoms. The maximum atomic E-state index is 13.8. The van der Waals surface area contributed by atoms with E-state index in [0.29, 0.717) is 19.7 Å². The summed E-state index contributed by atoms with van der Waals surface area (Å²) < 4.78 is 19.5.